The fourth-order valence-electron chi connectivity index (χ4n) is 1.66. The van der Waals surface area contributed by atoms with Crippen molar-refractivity contribution in [2.45, 2.75) is 5.54 Å². The van der Waals surface area contributed by atoms with Crippen molar-refractivity contribution >= 4 is 17.8 Å². The van der Waals surface area contributed by atoms with Crippen molar-refractivity contribution in [3.63, 3.8) is 0 Å². The molecule has 0 saturated carbocycles. The third-order valence-corrected chi connectivity index (χ3v) is 2.45. The van der Waals surface area contributed by atoms with Gasteiger partial charge in [0.05, 0.1) is 0 Å². The molecule has 82 valence electrons. The maximum absolute atomic E-state index is 11.7. The van der Waals surface area contributed by atoms with Gasteiger partial charge >= 0.3 is 6.03 Å². The third kappa shape index (κ3) is 1.23. The Labute approximate surface area is 90.8 Å². The molecule has 4 N–H and O–H groups in total. The van der Waals surface area contributed by atoms with E-state index in [-0.39, 0.29) is 0 Å². The van der Waals surface area contributed by atoms with Crippen LogP contribution in [0.2, 0.25) is 0 Å². The lowest BCUT2D eigenvalue weighted by Gasteiger charge is -2.22. The molecule has 1 aliphatic heterocycles. The lowest BCUT2D eigenvalue weighted by atomic mass is 9.89. The number of nitrogens with one attached hydrogen (secondary N) is 2. The molecule has 2 rings (SSSR count). The number of amides is 4. The number of nitrogens with two attached hydrogens (primary N) is 1. The summed E-state index contributed by atoms with van der Waals surface area (Å²) in [4.78, 5) is 34.2. The first-order valence-corrected chi connectivity index (χ1v) is 4.56. The van der Waals surface area contributed by atoms with E-state index in [1.54, 1.807) is 30.3 Å². The second-order valence-corrected chi connectivity index (χ2v) is 3.39. The van der Waals surface area contributed by atoms with Crippen molar-refractivity contribution in [1.29, 1.82) is 0 Å². The molecule has 6 heteroatoms. The Hall–Kier alpha value is -2.37. The Morgan fingerprint density at radius 1 is 1.19 bits per heavy atom. The average Bonchev–Trinajstić information content (AvgIpc) is 2.56. The number of imide groups is 1. The van der Waals surface area contributed by atoms with Gasteiger partial charge < -0.3 is 11.1 Å². The van der Waals surface area contributed by atoms with Gasteiger partial charge in [0, 0.05) is 0 Å². The number of rotatable bonds is 2. The first-order chi connectivity index (χ1) is 7.57. The van der Waals surface area contributed by atoms with Crippen molar-refractivity contribution in [3.8, 4) is 0 Å². The third-order valence-electron chi connectivity index (χ3n) is 2.45. The first kappa shape index (κ1) is 10.2. The molecule has 1 aliphatic rings. The van der Waals surface area contributed by atoms with E-state index in [0.29, 0.717) is 5.56 Å². The smallest absolute Gasteiger partial charge is 0.323 e. The summed E-state index contributed by atoms with van der Waals surface area (Å²) in [6.45, 7) is 0. The van der Waals surface area contributed by atoms with Crippen LogP contribution in [0.1, 0.15) is 5.56 Å². The molecule has 0 radical (unpaired) electrons. The van der Waals surface area contributed by atoms with E-state index >= 15 is 0 Å². The summed E-state index contributed by atoms with van der Waals surface area (Å²) in [5.74, 6) is -1.67. The molecule has 4 amide bonds. The topological polar surface area (TPSA) is 101 Å². The van der Waals surface area contributed by atoms with Crippen LogP contribution >= 0.6 is 0 Å². The van der Waals surface area contributed by atoms with Crippen molar-refractivity contribution in [2.75, 3.05) is 0 Å². The zero-order chi connectivity index (χ0) is 11.8. The largest absolute Gasteiger partial charge is 0.367 e. The maximum Gasteiger partial charge on any atom is 0.323 e. The van der Waals surface area contributed by atoms with E-state index in [1.807, 2.05) is 5.32 Å². The highest BCUT2D eigenvalue weighted by molar-refractivity contribution is 6.20. The van der Waals surface area contributed by atoms with Crippen LogP contribution in [0.3, 0.4) is 0 Å². The fraction of sp³-hybridized carbons (Fsp3) is 0.100. The van der Waals surface area contributed by atoms with Crippen molar-refractivity contribution in [3.05, 3.63) is 35.9 Å². The van der Waals surface area contributed by atoms with Crippen LogP contribution in [-0.2, 0) is 15.1 Å². The number of benzene rings is 1. The summed E-state index contributed by atoms with van der Waals surface area (Å²) < 4.78 is 0. The normalized spacial score (nSPS) is 23.8. The Morgan fingerprint density at radius 3 is 2.25 bits per heavy atom. The number of primary amides is 1. The number of carbonyl (C=O) groups excluding carboxylic acids is 3. The molecule has 0 aromatic heterocycles. The zero-order valence-electron chi connectivity index (χ0n) is 8.19. The van der Waals surface area contributed by atoms with Crippen LogP contribution in [0.4, 0.5) is 4.79 Å². The van der Waals surface area contributed by atoms with Crippen LogP contribution in [-0.4, -0.2) is 17.8 Å². The van der Waals surface area contributed by atoms with E-state index in [4.69, 9.17) is 5.73 Å². The first-order valence-electron chi connectivity index (χ1n) is 4.56. The van der Waals surface area contributed by atoms with E-state index in [9.17, 15) is 14.4 Å². The lowest BCUT2D eigenvalue weighted by molar-refractivity contribution is -0.134. The van der Waals surface area contributed by atoms with Gasteiger partial charge in [-0.05, 0) is 5.56 Å². The van der Waals surface area contributed by atoms with Gasteiger partial charge in [-0.15, -0.1) is 0 Å². The van der Waals surface area contributed by atoms with E-state index in [1.165, 1.54) is 0 Å². The molecule has 0 bridgehead atoms. The molecule has 0 aliphatic carbocycles. The lowest BCUT2D eigenvalue weighted by Crippen LogP contribution is -2.54. The summed E-state index contributed by atoms with van der Waals surface area (Å²) in [5.41, 5.74) is 3.75. The summed E-state index contributed by atoms with van der Waals surface area (Å²) in [7, 11) is 0. The van der Waals surface area contributed by atoms with Gasteiger partial charge in [-0.25, -0.2) is 4.79 Å². The Balaban J connectivity index is 2.58. The Kier molecular flexibility index (Phi) is 2.12. The molecule has 1 aromatic carbocycles. The maximum atomic E-state index is 11.7. The van der Waals surface area contributed by atoms with Gasteiger partial charge in [-0.1, -0.05) is 30.3 Å². The molecule has 1 aromatic rings. The highest BCUT2D eigenvalue weighted by Gasteiger charge is 2.52. The molecule has 1 heterocycles. The number of carbonyl (C=O) groups is 3. The fourth-order valence-corrected chi connectivity index (χ4v) is 1.66. The minimum absolute atomic E-state index is 0.339. The van der Waals surface area contributed by atoms with Gasteiger partial charge in [-0.2, -0.15) is 0 Å². The van der Waals surface area contributed by atoms with Crippen LogP contribution in [0, 0.1) is 0 Å². The van der Waals surface area contributed by atoms with Gasteiger partial charge in [0.25, 0.3) is 11.8 Å². The summed E-state index contributed by atoms with van der Waals surface area (Å²) in [5, 5.41) is 4.26. The molecular formula is C10H9N3O3. The molecule has 16 heavy (non-hydrogen) atoms. The molecule has 0 spiro atoms. The SMILES string of the molecule is NC(=O)[C@]1(c2ccccc2)NC(=O)NC1=O. The monoisotopic (exact) mass is 219 g/mol. The molecule has 1 saturated heterocycles. The average molecular weight is 219 g/mol. The predicted octanol–water partition coefficient (Wildman–Crippen LogP) is -0.793. The molecule has 1 fully saturated rings. The molecule has 6 nitrogen and oxygen atoms in total. The van der Waals surface area contributed by atoms with Crippen LogP contribution < -0.4 is 16.4 Å². The molecular weight excluding hydrogens is 210 g/mol. The second kappa shape index (κ2) is 3.34. The summed E-state index contributed by atoms with van der Waals surface area (Å²) in [6, 6.07) is 7.40. The van der Waals surface area contributed by atoms with Gasteiger partial charge in [0.2, 0.25) is 5.54 Å². The number of hydrogen-bond donors (Lipinski definition) is 3. The molecule has 1 atom stereocenters. The van der Waals surface area contributed by atoms with E-state index in [0.717, 1.165) is 0 Å². The summed E-state index contributed by atoms with van der Waals surface area (Å²) >= 11 is 0. The minimum Gasteiger partial charge on any atom is -0.367 e. The summed E-state index contributed by atoms with van der Waals surface area (Å²) in [6.07, 6.45) is 0. The van der Waals surface area contributed by atoms with Gasteiger partial charge in [0.15, 0.2) is 0 Å². The number of hydrogen-bond acceptors (Lipinski definition) is 3. The van der Waals surface area contributed by atoms with Crippen molar-refractivity contribution < 1.29 is 14.4 Å². The number of urea groups is 1. The van der Waals surface area contributed by atoms with E-state index in [2.05, 4.69) is 5.32 Å². The van der Waals surface area contributed by atoms with Crippen LogP contribution in [0.15, 0.2) is 30.3 Å². The quantitative estimate of drug-likeness (QED) is 0.448. The van der Waals surface area contributed by atoms with Crippen LogP contribution in [0.5, 0.6) is 0 Å². The highest BCUT2D eigenvalue weighted by atomic mass is 16.2. The van der Waals surface area contributed by atoms with Crippen molar-refractivity contribution in [1.82, 2.24) is 10.6 Å². The molecule has 0 unspecified atom stereocenters. The minimum atomic E-state index is -1.79. The Morgan fingerprint density at radius 2 is 1.81 bits per heavy atom. The van der Waals surface area contributed by atoms with Gasteiger partial charge in [-0.3, -0.25) is 14.9 Å². The van der Waals surface area contributed by atoms with Crippen LogP contribution in [0.25, 0.3) is 0 Å². The standard InChI is InChI=1S/C10H9N3O3/c11-7(14)10(6-4-2-1-3-5-6)8(15)12-9(16)13-10/h1-5H,(H2,11,14)(H2,12,13,15,16)/t10-/m0/s1. The van der Waals surface area contributed by atoms with E-state index < -0.39 is 23.4 Å². The second-order valence-electron chi connectivity index (χ2n) is 3.39. The van der Waals surface area contributed by atoms with Crippen molar-refractivity contribution in [2.24, 2.45) is 5.73 Å². The van der Waals surface area contributed by atoms with Gasteiger partial charge in [0.1, 0.15) is 0 Å². The zero-order valence-corrected chi connectivity index (χ0v) is 8.19. The highest BCUT2D eigenvalue weighted by Crippen LogP contribution is 2.24. The predicted molar refractivity (Wildman–Crippen MR) is 54.0 cm³/mol. The Bertz CT molecular complexity index is 471.